The van der Waals surface area contributed by atoms with Crippen LogP contribution in [0.3, 0.4) is 0 Å². The van der Waals surface area contributed by atoms with Crippen LogP contribution in [0.25, 0.3) is 0 Å². The van der Waals surface area contributed by atoms with Crippen LogP contribution in [0.1, 0.15) is 127 Å². The fourth-order valence-electron chi connectivity index (χ4n) is 6.38. The van der Waals surface area contributed by atoms with Gasteiger partial charge in [-0.25, -0.2) is 0 Å². The number of hydrogen-bond acceptors (Lipinski definition) is 0. The van der Waals surface area contributed by atoms with Gasteiger partial charge in [0.2, 0.25) is 0 Å². The Morgan fingerprint density at radius 2 is 1.27 bits per heavy atom. The van der Waals surface area contributed by atoms with E-state index >= 15 is 0 Å². The van der Waals surface area contributed by atoms with E-state index in [-0.39, 0.29) is 0 Å². The molecule has 0 saturated heterocycles. The van der Waals surface area contributed by atoms with Crippen molar-refractivity contribution in [1.29, 1.82) is 0 Å². The lowest BCUT2D eigenvalue weighted by Gasteiger charge is -2.35. The zero-order chi connectivity index (χ0) is 29.8. The Morgan fingerprint density at radius 3 is 1.90 bits per heavy atom. The standard InChI is InChI=1S/C40H60/c1-31(19-13-21-33(3)25-27-37-35(5)23-15-29-39(37,7)8)17-11-12-18-32(2)20-14-22-34(4)26-28-38-36(6)24-16-30-40(38,9)10/h11-14,17-21,25,27,34H,15-16,22-24,26,28-30H2,1-10H3/b12-11-,19-13-,20-14-,27-25-,31-17+,32-18+,33-21+. The summed E-state index contributed by atoms with van der Waals surface area (Å²) in [6.07, 6.45) is 36.0. The van der Waals surface area contributed by atoms with Gasteiger partial charge in [-0.1, -0.05) is 135 Å². The Labute approximate surface area is 249 Å². The second kappa shape index (κ2) is 16.2. The van der Waals surface area contributed by atoms with E-state index in [1.165, 1.54) is 73.7 Å². The molecular formula is C40H60. The minimum absolute atomic E-state index is 0.297. The van der Waals surface area contributed by atoms with Crippen molar-refractivity contribution in [2.75, 3.05) is 0 Å². The van der Waals surface area contributed by atoms with Gasteiger partial charge in [0.15, 0.2) is 0 Å². The molecule has 2 aliphatic carbocycles. The Hall–Kier alpha value is -2.34. The number of allylic oxidation sites excluding steroid dienone is 18. The maximum Gasteiger partial charge on any atom is -0.0104 e. The van der Waals surface area contributed by atoms with E-state index in [0.717, 1.165) is 12.3 Å². The van der Waals surface area contributed by atoms with Crippen molar-refractivity contribution in [3.63, 3.8) is 0 Å². The summed E-state index contributed by atoms with van der Waals surface area (Å²) in [5.41, 5.74) is 11.0. The Kier molecular flexibility index (Phi) is 13.7. The van der Waals surface area contributed by atoms with Crippen LogP contribution in [0.2, 0.25) is 0 Å². The van der Waals surface area contributed by atoms with Gasteiger partial charge >= 0.3 is 0 Å². The van der Waals surface area contributed by atoms with Crippen molar-refractivity contribution in [2.24, 2.45) is 16.7 Å². The number of hydrogen-bond donors (Lipinski definition) is 0. The summed E-state index contributed by atoms with van der Waals surface area (Å²) in [5, 5.41) is 0. The van der Waals surface area contributed by atoms with E-state index in [0.29, 0.717) is 10.8 Å². The van der Waals surface area contributed by atoms with Crippen LogP contribution in [0.4, 0.5) is 0 Å². The van der Waals surface area contributed by atoms with E-state index in [2.05, 4.69) is 136 Å². The fourth-order valence-corrected chi connectivity index (χ4v) is 6.38. The Bertz CT molecular complexity index is 1110. The highest BCUT2D eigenvalue weighted by Gasteiger charge is 2.28. The highest BCUT2D eigenvalue weighted by molar-refractivity contribution is 5.37. The maximum atomic E-state index is 2.44. The molecule has 0 amide bonds. The van der Waals surface area contributed by atoms with Crippen molar-refractivity contribution in [2.45, 2.75) is 127 Å². The predicted molar refractivity (Wildman–Crippen MR) is 182 cm³/mol. The van der Waals surface area contributed by atoms with Crippen LogP contribution in [-0.2, 0) is 0 Å². The highest BCUT2D eigenvalue weighted by Crippen LogP contribution is 2.43. The Morgan fingerprint density at radius 1 is 0.725 bits per heavy atom. The first kappa shape index (κ1) is 33.9. The molecule has 0 N–H and O–H groups in total. The second-order valence-electron chi connectivity index (χ2n) is 14.0. The lowest BCUT2D eigenvalue weighted by molar-refractivity contribution is 0.344. The molecule has 0 aromatic carbocycles. The molecule has 220 valence electrons. The topological polar surface area (TPSA) is 0 Å². The minimum atomic E-state index is 0.297. The second-order valence-corrected chi connectivity index (χ2v) is 14.0. The third kappa shape index (κ3) is 11.6. The van der Waals surface area contributed by atoms with E-state index in [1.807, 2.05) is 0 Å². The number of rotatable bonds is 12. The molecule has 0 aliphatic heterocycles. The molecule has 0 fully saturated rings. The largest absolute Gasteiger partial charge is 0.0840 e. The van der Waals surface area contributed by atoms with E-state index in [9.17, 15) is 0 Å². The van der Waals surface area contributed by atoms with Crippen molar-refractivity contribution in [1.82, 2.24) is 0 Å². The smallest absolute Gasteiger partial charge is 0.0104 e. The summed E-state index contributed by atoms with van der Waals surface area (Å²) in [7, 11) is 0. The summed E-state index contributed by atoms with van der Waals surface area (Å²) >= 11 is 0. The third-order valence-corrected chi connectivity index (χ3v) is 9.09. The van der Waals surface area contributed by atoms with Crippen LogP contribution in [0.5, 0.6) is 0 Å². The molecule has 0 nitrogen and oxygen atoms in total. The van der Waals surface area contributed by atoms with Gasteiger partial charge in [0.25, 0.3) is 0 Å². The third-order valence-electron chi connectivity index (χ3n) is 9.09. The van der Waals surface area contributed by atoms with Crippen LogP contribution in [0.15, 0.2) is 106 Å². The molecule has 0 spiro atoms. The Balaban J connectivity index is 1.79. The molecule has 40 heavy (non-hydrogen) atoms. The van der Waals surface area contributed by atoms with E-state index < -0.39 is 0 Å². The minimum Gasteiger partial charge on any atom is -0.0840 e. The van der Waals surface area contributed by atoms with Gasteiger partial charge in [-0.2, -0.15) is 0 Å². The average molecular weight is 541 g/mol. The zero-order valence-corrected chi connectivity index (χ0v) is 27.8. The fraction of sp³-hybridized carbons (Fsp3) is 0.550. The molecule has 0 heterocycles. The quantitative estimate of drug-likeness (QED) is 0.170. The predicted octanol–water partition coefficient (Wildman–Crippen LogP) is 12.9. The van der Waals surface area contributed by atoms with Crippen LogP contribution in [0, 0.1) is 16.7 Å². The molecule has 0 aromatic rings. The van der Waals surface area contributed by atoms with Crippen LogP contribution < -0.4 is 0 Å². The highest BCUT2D eigenvalue weighted by atomic mass is 14.3. The lowest BCUT2D eigenvalue weighted by Crippen LogP contribution is -2.20. The summed E-state index contributed by atoms with van der Waals surface area (Å²) in [4.78, 5) is 0. The van der Waals surface area contributed by atoms with Crippen LogP contribution in [-0.4, -0.2) is 0 Å². The van der Waals surface area contributed by atoms with Crippen molar-refractivity contribution in [3.8, 4) is 0 Å². The first-order chi connectivity index (χ1) is 18.8. The molecule has 0 bridgehead atoms. The van der Waals surface area contributed by atoms with Crippen molar-refractivity contribution in [3.05, 3.63) is 106 Å². The van der Waals surface area contributed by atoms with E-state index in [4.69, 9.17) is 0 Å². The molecule has 1 atom stereocenters. The SMILES string of the molecule is CC1=C(\C=C/C(C)=C/C=C\C(C)=C\C=C/C=C(C)/C=C\CC(C)CCC2=C(C)CCCC2(C)C)C(C)(C)CCC1. The van der Waals surface area contributed by atoms with Crippen molar-refractivity contribution >= 4 is 0 Å². The zero-order valence-electron chi connectivity index (χ0n) is 27.8. The van der Waals surface area contributed by atoms with Gasteiger partial charge in [0.05, 0.1) is 0 Å². The lowest BCUT2D eigenvalue weighted by atomic mass is 9.70. The first-order valence-electron chi connectivity index (χ1n) is 15.9. The van der Waals surface area contributed by atoms with Gasteiger partial charge in [0.1, 0.15) is 0 Å². The molecule has 0 radical (unpaired) electrons. The normalized spacial score (nSPS) is 22.1. The maximum absolute atomic E-state index is 2.44. The van der Waals surface area contributed by atoms with Gasteiger partial charge < -0.3 is 0 Å². The molecule has 2 aliphatic rings. The first-order valence-corrected chi connectivity index (χ1v) is 15.9. The molecular weight excluding hydrogens is 480 g/mol. The van der Waals surface area contributed by atoms with Gasteiger partial charge in [-0.3, -0.25) is 0 Å². The van der Waals surface area contributed by atoms with Gasteiger partial charge in [0, 0.05) is 0 Å². The monoisotopic (exact) mass is 540 g/mol. The van der Waals surface area contributed by atoms with Crippen LogP contribution >= 0.6 is 0 Å². The summed E-state index contributed by atoms with van der Waals surface area (Å²) in [5.74, 6) is 0.725. The van der Waals surface area contributed by atoms with E-state index in [1.54, 1.807) is 16.7 Å². The summed E-state index contributed by atoms with van der Waals surface area (Å²) < 4.78 is 0. The van der Waals surface area contributed by atoms with Gasteiger partial charge in [-0.15, -0.1) is 0 Å². The molecule has 0 heteroatoms. The molecule has 2 rings (SSSR count). The van der Waals surface area contributed by atoms with Gasteiger partial charge in [-0.05, 0) is 115 Å². The molecule has 1 unspecified atom stereocenters. The summed E-state index contributed by atoms with van der Waals surface area (Å²) in [6, 6.07) is 0. The summed E-state index contributed by atoms with van der Waals surface area (Å²) in [6.45, 7) is 23.2. The molecule has 0 aromatic heterocycles. The molecule has 0 saturated carbocycles. The van der Waals surface area contributed by atoms with Crippen molar-refractivity contribution < 1.29 is 0 Å². The average Bonchev–Trinajstić information content (AvgIpc) is 2.85.